The van der Waals surface area contributed by atoms with Crippen molar-refractivity contribution in [2.75, 3.05) is 0 Å². The molecule has 1 rings (SSSR count). The van der Waals surface area contributed by atoms with Gasteiger partial charge in [-0.3, -0.25) is 4.79 Å². The van der Waals surface area contributed by atoms with Crippen molar-refractivity contribution >= 4 is 5.97 Å². The predicted octanol–water partition coefficient (Wildman–Crippen LogP) is 0.808. The molecule has 1 atom stereocenters. The second-order valence-corrected chi connectivity index (χ2v) is 4.29. The Morgan fingerprint density at radius 1 is 1.73 bits per heavy atom. The molecule has 1 aromatic heterocycles. The van der Waals surface area contributed by atoms with Crippen molar-refractivity contribution in [3.63, 3.8) is 0 Å². The summed E-state index contributed by atoms with van der Waals surface area (Å²) in [5.41, 5.74) is 4.41. The second kappa shape index (κ2) is 4.02. The van der Waals surface area contributed by atoms with Crippen LogP contribution in [-0.4, -0.2) is 26.2 Å². The van der Waals surface area contributed by atoms with E-state index in [0.717, 1.165) is 5.82 Å². The molecular weight excluding hydrogens is 194 g/mol. The predicted molar refractivity (Wildman–Crippen MR) is 56.5 cm³/mol. The Labute approximate surface area is 88.9 Å². The van der Waals surface area contributed by atoms with Gasteiger partial charge in [0.25, 0.3) is 0 Å². The summed E-state index contributed by atoms with van der Waals surface area (Å²) in [6.45, 7) is 5.75. The van der Waals surface area contributed by atoms with Crippen LogP contribution in [0.4, 0.5) is 0 Å². The first-order chi connectivity index (χ1) is 6.84. The molecule has 84 valence electrons. The number of aliphatic carboxylic acids is 1. The van der Waals surface area contributed by atoms with Crippen LogP contribution >= 0.6 is 0 Å². The molecule has 0 saturated carbocycles. The molecule has 0 radical (unpaired) electrons. The minimum absolute atomic E-state index is 0.232. The van der Waals surface area contributed by atoms with E-state index in [4.69, 9.17) is 10.8 Å². The van der Waals surface area contributed by atoms with E-state index in [-0.39, 0.29) is 12.5 Å². The highest BCUT2D eigenvalue weighted by molar-refractivity contribution is 5.77. The summed E-state index contributed by atoms with van der Waals surface area (Å²) in [7, 11) is 0. The lowest BCUT2D eigenvalue weighted by atomic mass is 10.0. The SMILES string of the molecule is CC(C)c1nccn1CC(C)(N)C(=O)O. The summed E-state index contributed by atoms with van der Waals surface area (Å²) < 4.78 is 1.79. The molecule has 0 aliphatic rings. The zero-order chi connectivity index (χ0) is 11.6. The Morgan fingerprint density at radius 2 is 2.33 bits per heavy atom. The molecule has 1 unspecified atom stereocenters. The first-order valence-corrected chi connectivity index (χ1v) is 4.88. The van der Waals surface area contributed by atoms with Crippen LogP contribution in [0.1, 0.15) is 32.5 Å². The number of carboxylic acids is 1. The van der Waals surface area contributed by atoms with E-state index >= 15 is 0 Å². The molecular formula is C10H17N3O2. The minimum Gasteiger partial charge on any atom is -0.480 e. The van der Waals surface area contributed by atoms with Gasteiger partial charge >= 0.3 is 5.97 Å². The average Bonchev–Trinajstić information content (AvgIpc) is 2.51. The topological polar surface area (TPSA) is 81.1 Å². The maximum atomic E-state index is 10.9. The highest BCUT2D eigenvalue weighted by Crippen LogP contribution is 2.14. The second-order valence-electron chi connectivity index (χ2n) is 4.29. The summed E-state index contributed by atoms with van der Waals surface area (Å²) in [5, 5.41) is 8.91. The van der Waals surface area contributed by atoms with E-state index in [1.807, 2.05) is 13.8 Å². The molecule has 0 bridgehead atoms. The fourth-order valence-corrected chi connectivity index (χ4v) is 1.38. The minimum atomic E-state index is -1.26. The molecule has 0 spiro atoms. The molecule has 0 aromatic carbocycles. The normalized spacial score (nSPS) is 15.3. The largest absolute Gasteiger partial charge is 0.480 e. The van der Waals surface area contributed by atoms with E-state index in [1.54, 1.807) is 17.0 Å². The molecule has 0 aliphatic carbocycles. The van der Waals surface area contributed by atoms with Gasteiger partial charge in [0.05, 0.1) is 6.54 Å². The van der Waals surface area contributed by atoms with Crippen molar-refractivity contribution in [1.29, 1.82) is 0 Å². The molecule has 15 heavy (non-hydrogen) atoms. The smallest absolute Gasteiger partial charge is 0.325 e. The lowest BCUT2D eigenvalue weighted by molar-refractivity contribution is -0.143. The van der Waals surface area contributed by atoms with Gasteiger partial charge in [-0.15, -0.1) is 0 Å². The van der Waals surface area contributed by atoms with E-state index in [2.05, 4.69) is 4.98 Å². The van der Waals surface area contributed by atoms with Crippen LogP contribution in [0.3, 0.4) is 0 Å². The Balaban J connectivity index is 2.90. The molecule has 0 aliphatic heterocycles. The fourth-order valence-electron chi connectivity index (χ4n) is 1.38. The molecule has 0 saturated heterocycles. The number of nitrogens with two attached hydrogens (primary N) is 1. The molecule has 5 nitrogen and oxygen atoms in total. The Hall–Kier alpha value is -1.36. The van der Waals surface area contributed by atoms with Crippen molar-refractivity contribution in [1.82, 2.24) is 9.55 Å². The van der Waals surface area contributed by atoms with E-state index < -0.39 is 11.5 Å². The van der Waals surface area contributed by atoms with Crippen molar-refractivity contribution < 1.29 is 9.90 Å². The number of rotatable bonds is 4. The third-order valence-electron chi connectivity index (χ3n) is 2.25. The van der Waals surface area contributed by atoms with Crippen LogP contribution < -0.4 is 5.73 Å². The van der Waals surface area contributed by atoms with Gasteiger partial charge < -0.3 is 15.4 Å². The van der Waals surface area contributed by atoms with Crippen molar-refractivity contribution in [2.24, 2.45) is 5.73 Å². The summed E-state index contributed by atoms with van der Waals surface area (Å²) in [6, 6.07) is 0. The summed E-state index contributed by atoms with van der Waals surface area (Å²) >= 11 is 0. The number of carboxylic acid groups (broad SMARTS) is 1. The highest BCUT2D eigenvalue weighted by atomic mass is 16.4. The number of hydrogen-bond acceptors (Lipinski definition) is 3. The lowest BCUT2D eigenvalue weighted by Crippen LogP contribution is -2.48. The van der Waals surface area contributed by atoms with Crippen LogP contribution in [0.15, 0.2) is 12.4 Å². The maximum absolute atomic E-state index is 10.9. The molecule has 0 fully saturated rings. The summed E-state index contributed by atoms with van der Waals surface area (Å²) in [5.74, 6) is 0.100. The zero-order valence-electron chi connectivity index (χ0n) is 9.27. The van der Waals surface area contributed by atoms with Crippen molar-refractivity contribution in [3.05, 3.63) is 18.2 Å². The Kier molecular flexibility index (Phi) is 3.14. The maximum Gasteiger partial charge on any atom is 0.325 e. The molecule has 1 aromatic rings. The Bertz CT molecular complexity index is 355. The number of carbonyl (C=O) groups is 1. The van der Waals surface area contributed by atoms with Gasteiger partial charge in [0.1, 0.15) is 11.4 Å². The van der Waals surface area contributed by atoms with Crippen LogP contribution in [0.25, 0.3) is 0 Å². The number of nitrogens with zero attached hydrogens (tertiary/aromatic N) is 2. The van der Waals surface area contributed by atoms with Gasteiger partial charge in [0, 0.05) is 18.3 Å². The first-order valence-electron chi connectivity index (χ1n) is 4.88. The zero-order valence-corrected chi connectivity index (χ0v) is 9.27. The summed E-state index contributed by atoms with van der Waals surface area (Å²) in [4.78, 5) is 15.0. The van der Waals surface area contributed by atoms with Gasteiger partial charge in [0.2, 0.25) is 0 Å². The van der Waals surface area contributed by atoms with Crippen LogP contribution in [-0.2, 0) is 11.3 Å². The monoisotopic (exact) mass is 211 g/mol. The third kappa shape index (κ3) is 2.56. The van der Waals surface area contributed by atoms with Crippen LogP contribution in [0.2, 0.25) is 0 Å². The number of aromatic nitrogens is 2. The van der Waals surface area contributed by atoms with Crippen molar-refractivity contribution in [2.45, 2.75) is 38.8 Å². The third-order valence-corrected chi connectivity index (χ3v) is 2.25. The number of hydrogen-bond donors (Lipinski definition) is 2. The van der Waals surface area contributed by atoms with E-state index in [0.29, 0.717) is 0 Å². The van der Waals surface area contributed by atoms with Crippen LogP contribution in [0, 0.1) is 0 Å². The highest BCUT2D eigenvalue weighted by Gasteiger charge is 2.29. The van der Waals surface area contributed by atoms with Gasteiger partial charge in [-0.1, -0.05) is 13.8 Å². The molecule has 5 heteroatoms. The molecule has 1 heterocycles. The number of imidazole rings is 1. The van der Waals surface area contributed by atoms with E-state index in [9.17, 15) is 4.79 Å². The van der Waals surface area contributed by atoms with Gasteiger partial charge in [-0.2, -0.15) is 0 Å². The standard InChI is InChI=1S/C10H17N3O2/c1-7(2)8-12-4-5-13(8)6-10(3,11)9(14)15/h4-5,7H,6,11H2,1-3H3,(H,14,15). The van der Waals surface area contributed by atoms with Crippen LogP contribution in [0.5, 0.6) is 0 Å². The Morgan fingerprint density at radius 3 is 2.80 bits per heavy atom. The molecule has 0 amide bonds. The van der Waals surface area contributed by atoms with E-state index in [1.165, 1.54) is 6.92 Å². The fraction of sp³-hybridized carbons (Fsp3) is 0.600. The van der Waals surface area contributed by atoms with Gasteiger partial charge in [0.15, 0.2) is 0 Å². The van der Waals surface area contributed by atoms with Crippen molar-refractivity contribution in [3.8, 4) is 0 Å². The lowest BCUT2D eigenvalue weighted by Gasteiger charge is -2.21. The van der Waals surface area contributed by atoms with Gasteiger partial charge in [-0.25, -0.2) is 4.98 Å². The first kappa shape index (κ1) is 11.7. The summed E-state index contributed by atoms with van der Waals surface area (Å²) in [6.07, 6.45) is 3.41. The average molecular weight is 211 g/mol. The quantitative estimate of drug-likeness (QED) is 0.772. The van der Waals surface area contributed by atoms with Gasteiger partial charge in [-0.05, 0) is 6.92 Å². The molecule has 3 N–H and O–H groups in total.